The Balaban J connectivity index is 1.82. The van der Waals surface area contributed by atoms with Crippen molar-refractivity contribution in [3.63, 3.8) is 0 Å². The number of H-pyrrole nitrogens is 1. The molecule has 1 aliphatic heterocycles. The van der Waals surface area contributed by atoms with Gasteiger partial charge in [-0.1, -0.05) is 32.9 Å². The van der Waals surface area contributed by atoms with Gasteiger partial charge in [-0.3, -0.25) is 4.79 Å². The Bertz CT molecular complexity index is 873. The number of nitrogens with one attached hydrogen (secondary N) is 2. The molecule has 156 valence electrons. The largest absolute Gasteiger partial charge is 0.453 e. The van der Waals surface area contributed by atoms with E-state index in [0.717, 1.165) is 29.9 Å². The average Bonchev–Trinajstić information content (AvgIpc) is 3.34. The van der Waals surface area contributed by atoms with Gasteiger partial charge in [-0.2, -0.15) is 0 Å². The predicted molar refractivity (Wildman–Crippen MR) is 119 cm³/mol. The third-order valence-corrected chi connectivity index (χ3v) is 5.88. The van der Waals surface area contributed by atoms with Crippen LogP contribution < -0.4 is 5.32 Å². The van der Waals surface area contributed by atoms with Crippen molar-refractivity contribution in [1.82, 2.24) is 20.2 Å². The molecule has 2 amide bonds. The molecule has 3 rings (SSSR count). The maximum absolute atomic E-state index is 13.4. The first-order valence-corrected chi connectivity index (χ1v) is 10.7. The van der Waals surface area contributed by atoms with Gasteiger partial charge < -0.3 is 19.9 Å². The molecule has 2 atom stereocenters. The molecular formula is C21H27IN4O3. The van der Waals surface area contributed by atoms with E-state index in [9.17, 15) is 9.59 Å². The number of methoxy groups -OCH3 is 1. The van der Waals surface area contributed by atoms with Gasteiger partial charge in [0.25, 0.3) is 0 Å². The number of nitrogens with zero attached hydrogens (tertiary/aromatic N) is 2. The Labute approximate surface area is 184 Å². The Morgan fingerprint density at radius 1 is 1.31 bits per heavy atom. The molecule has 1 fully saturated rings. The minimum Gasteiger partial charge on any atom is -0.453 e. The molecule has 29 heavy (non-hydrogen) atoms. The second kappa shape index (κ2) is 8.73. The van der Waals surface area contributed by atoms with E-state index in [1.807, 2.05) is 56.1 Å². The molecule has 8 heteroatoms. The quantitative estimate of drug-likeness (QED) is 0.607. The summed E-state index contributed by atoms with van der Waals surface area (Å²) < 4.78 is 5.89. The number of alkyl carbamates (subject to hydrolysis) is 1. The summed E-state index contributed by atoms with van der Waals surface area (Å²) in [4.78, 5) is 34.9. The highest BCUT2D eigenvalue weighted by Gasteiger charge is 2.41. The van der Waals surface area contributed by atoms with Crippen molar-refractivity contribution in [1.29, 1.82) is 0 Å². The van der Waals surface area contributed by atoms with Crippen LogP contribution in [0.5, 0.6) is 0 Å². The zero-order valence-electron chi connectivity index (χ0n) is 17.2. The summed E-state index contributed by atoms with van der Waals surface area (Å²) in [6.45, 7) is 6.42. The Morgan fingerprint density at radius 3 is 2.62 bits per heavy atom. The minimum atomic E-state index is -0.679. The molecule has 1 aliphatic rings. The number of imidazole rings is 1. The van der Waals surface area contributed by atoms with Crippen LogP contribution in [0.1, 0.15) is 45.5 Å². The van der Waals surface area contributed by atoms with Gasteiger partial charge in [0.1, 0.15) is 11.9 Å². The Hall–Kier alpha value is -2.10. The molecule has 0 bridgehead atoms. The standard InChI is InChI=1S/C21H27IN4O3/c1-21(2,3)17(25-20(28)29-4)19(27)26-11-5-6-16(26)18-23-12-15(24-18)13-7-9-14(22)10-8-13/h7-10,12,16-17H,5-6,11H2,1-4H3,(H,23,24)(H,25,28)/t16-,17+/m0/s1. The predicted octanol–water partition coefficient (Wildman–Crippen LogP) is 4.12. The molecule has 2 heterocycles. The maximum Gasteiger partial charge on any atom is 0.407 e. The van der Waals surface area contributed by atoms with E-state index in [-0.39, 0.29) is 11.9 Å². The molecular weight excluding hydrogens is 483 g/mol. The molecule has 0 saturated carbocycles. The van der Waals surface area contributed by atoms with E-state index in [4.69, 9.17) is 4.74 Å². The lowest BCUT2D eigenvalue weighted by Crippen LogP contribution is -2.54. The molecule has 0 radical (unpaired) electrons. The van der Waals surface area contributed by atoms with Gasteiger partial charge >= 0.3 is 6.09 Å². The van der Waals surface area contributed by atoms with Crippen LogP contribution >= 0.6 is 22.6 Å². The SMILES string of the molecule is COC(=O)N[C@H](C(=O)N1CCC[C@H]1c1ncc(-c2ccc(I)cc2)[nH]1)C(C)(C)C. The average molecular weight is 510 g/mol. The number of amides is 2. The first-order chi connectivity index (χ1) is 13.7. The highest BCUT2D eigenvalue weighted by molar-refractivity contribution is 14.1. The molecule has 2 N–H and O–H groups in total. The van der Waals surface area contributed by atoms with Crippen molar-refractivity contribution in [3.05, 3.63) is 39.9 Å². The van der Waals surface area contributed by atoms with Crippen molar-refractivity contribution in [2.75, 3.05) is 13.7 Å². The Morgan fingerprint density at radius 2 is 2.00 bits per heavy atom. The highest BCUT2D eigenvalue weighted by Crippen LogP contribution is 2.34. The molecule has 0 unspecified atom stereocenters. The third kappa shape index (κ3) is 4.91. The van der Waals surface area contributed by atoms with Crippen LogP contribution in [0.15, 0.2) is 30.5 Å². The van der Waals surface area contributed by atoms with Crippen LogP contribution in [0, 0.1) is 8.99 Å². The maximum atomic E-state index is 13.4. The summed E-state index contributed by atoms with van der Waals surface area (Å²) in [5.74, 6) is 0.660. The number of rotatable bonds is 4. The van der Waals surface area contributed by atoms with Gasteiger partial charge in [-0.25, -0.2) is 9.78 Å². The van der Waals surface area contributed by atoms with E-state index < -0.39 is 17.6 Å². The number of ether oxygens (including phenoxy) is 1. The number of likely N-dealkylation sites (tertiary alicyclic amines) is 1. The van der Waals surface area contributed by atoms with Crippen LogP contribution in [0.3, 0.4) is 0 Å². The van der Waals surface area contributed by atoms with Crippen molar-refractivity contribution in [2.24, 2.45) is 5.41 Å². The zero-order chi connectivity index (χ0) is 21.2. The van der Waals surface area contributed by atoms with Crippen LogP contribution in [0.25, 0.3) is 11.3 Å². The monoisotopic (exact) mass is 510 g/mol. The Kier molecular flexibility index (Phi) is 6.50. The fraction of sp³-hybridized carbons (Fsp3) is 0.476. The summed E-state index contributed by atoms with van der Waals surface area (Å²) in [5, 5.41) is 2.71. The van der Waals surface area contributed by atoms with Gasteiger partial charge in [0, 0.05) is 10.1 Å². The van der Waals surface area contributed by atoms with Gasteiger partial charge in [-0.05, 0) is 58.5 Å². The van der Waals surface area contributed by atoms with Gasteiger partial charge in [0.2, 0.25) is 5.91 Å². The van der Waals surface area contributed by atoms with Crippen LogP contribution in [0.4, 0.5) is 4.79 Å². The number of halogens is 1. The number of carbonyl (C=O) groups is 2. The molecule has 2 aromatic rings. The topological polar surface area (TPSA) is 87.3 Å². The second-order valence-electron chi connectivity index (χ2n) is 8.31. The fourth-order valence-corrected chi connectivity index (χ4v) is 3.95. The number of benzene rings is 1. The number of aromatic amines is 1. The molecule has 1 aromatic carbocycles. The van der Waals surface area contributed by atoms with E-state index in [2.05, 4.69) is 37.9 Å². The molecule has 0 aliphatic carbocycles. The molecule has 1 aromatic heterocycles. The normalized spacial score (nSPS) is 17.8. The number of carbonyl (C=O) groups excluding carboxylic acids is 2. The molecule has 1 saturated heterocycles. The smallest absolute Gasteiger partial charge is 0.407 e. The first-order valence-electron chi connectivity index (χ1n) is 9.66. The van der Waals surface area contributed by atoms with E-state index in [0.29, 0.717) is 6.54 Å². The molecule has 0 spiro atoms. The summed E-state index contributed by atoms with van der Waals surface area (Å²) in [7, 11) is 1.30. The lowest BCUT2D eigenvalue weighted by atomic mass is 9.85. The van der Waals surface area contributed by atoms with Crippen LogP contribution in [-0.4, -0.2) is 46.6 Å². The lowest BCUT2D eigenvalue weighted by Gasteiger charge is -2.35. The summed E-state index contributed by atoms with van der Waals surface area (Å²) >= 11 is 2.28. The third-order valence-electron chi connectivity index (χ3n) is 5.16. The van der Waals surface area contributed by atoms with Crippen LogP contribution in [-0.2, 0) is 9.53 Å². The van der Waals surface area contributed by atoms with Gasteiger partial charge in [0.05, 0.1) is 25.0 Å². The van der Waals surface area contributed by atoms with Crippen molar-refractivity contribution in [3.8, 4) is 11.3 Å². The van der Waals surface area contributed by atoms with E-state index in [1.54, 1.807) is 0 Å². The number of aromatic nitrogens is 2. The van der Waals surface area contributed by atoms with Crippen LogP contribution in [0.2, 0.25) is 0 Å². The van der Waals surface area contributed by atoms with E-state index >= 15 is 0 Å². The zero-order valence-corrected chi connectivity index (χ0v) is 19.3. The summed E-state index contributed by atoms with van der Waals surface area (Å²) in [5.41, 5.74) is 1.53. The minimum absolute atomic E-state index is 0.113. The van der Waals surface area contributed by atoms with E-state index in [1.165, 1.54) is 10.7 Å². The molecule has 7 nitrogen and oxygen atoms in total. The van der Waals surface area contributed by atoms with Crippen molar-refractivity contribution < 1.29 is 14.3 Å². The second-order valence-corrected chi connectivity index (χ2v) is 9.56. The first kappa shape index (κ1) is 21.6. The number of hydrogen-bond acceptors (Lipinski definition) is 4. The van der Waals surface area contributed by atoms with Crippen molar-refractivity contribution in [2.45, 2.75) is 45.7 Å². The lowest BCUT2D eigenvalue weighted by molar-refractivity contribution is -0.137. The number of hydrogen-bond donors (Lipinski definition) is 2. The summed E-state index contributed by atoms with van der Waals surface area (Å²) in [6, 6.07) is 7.38. The highest BCUT2D eigenvalue weighted by atomic mass is 127. The van der Waals surface area contributed by atoms with Crippen molar-refractivity contribution >= 4 is 34.6 Å². The van der Waals surface area contributed by atoms with Gasteiger partial charge in [-0.15, -0.1) is 0 Å². The summed E-state index contributed by atoms with van der Waals surface area (Å²) in [6.07, 6.45) is 2.94. The fourth-order valence-electron chi connectivity index (χ4n) is 3.59. The van der Waals surface area contributed by atoms with Gasteiger partial charge in [0.15, 0.2) is 0 Å².